The zero-order valence-corrected chi connectivity index (χ0v) is 12.4. The Labute approximate surface area is 114 Å². The van der Waals surface area contributed by atoms with E-state index in [2.05, 4.69) is 10.4 Å². The second-order valence-electron chi connectivity index (χ2n) is 4.87. The van der Waals surface area contributed by atoms with Gasteiger partial charge in [0.1, 0.15) is 0 Å². The highest BCUT2D eigenvalue weighted by Crippen LogP contribution is 2.24. The van der Waals surface area contributed by atoms with Crippen molar-refractivity contribution in [3.05, 3.63) is 12.3 Å². The number of hydrogen-bond donors (Lipinski definition) is 1. The van der Waals surface area contributed by atoms with Gasteiger partial charge in [0.2, 0.25) is 0 Å². The van der Waals surface area contributed by atoms with Crippen LogP contribution in [-0.2, 0) is 17.1 Å². The van der Waals surface area contributed by atoms with Crippen LogP contribution in [0.5, 0.6) is 0 Å². The van der Waals surface area contributed by atoms with E-state index in [1.165, 1.54) is 10.9 Å². The van der Waals surface area contributed by atoms with Gasteiger partial charge in [-0.1, -0.05) is 13.3 Å². The van der Waals surface area contributed by atoms with Crippen LogP contribution in [0, 0.1) is 0 Å². The summed E-state index contributed by atoms with van der Waals surface area (Å²) >= 11 is 0. The average molecular weight is 286 g/mol. The topological polar surface area (TPSA) is 67.2 Å². The molecule has 1 atom stereocenters. The van der Waals surface area contributed by atoms with E-state index in [1.807, 2.05) is 6.92 Å². The SMILES string of the molecule is CCNCC1CCCCN1S(=O)(=O)c1ccnn1C. The van der Waals surface area contributed by atoms with E-state index < -0.39 is 10.0 Å². The Bertz CT molecular complexity index is 512. The molecule has 1 aromatic heterocycles. The first-order valence-electron chi connectivity index (χ1n) is 6.78. The van der Waals surface area contributed by atoms with Gasteiger partial charge in [0, 0.05) is 26.2 Å². The van der Waals surface area contributed by atoms with E-state index in [-0.39, 0.29) is 11.1 Å². The summed E-state index contributed by atoms with van der Waals surface area (Å²) in [6.45, 7) is 4.20. The third-order valence-corrected chi connectivity index (χ3v) is 5.58. The quantitative estimate of drug-likeness (QED) is 0.859. The minimum atomic E-state index is -3.44. The first-order valence-corrected chi connectivity index (χ1v) is 8.22. The first-order chi connectivity index (χ1) is 9.07. The summed E-state index contributed by atoms with van der Waals surface area (Å²) in [6, 6.07) is 1.61. The Morgan fingerprint density at radius 2 is 2.26 bits per heavy atom. The van der Waals surface area contributed by atoms with Crippen LogP contribution in [-0.4, -0.2) is 48.2 Å². The lowest BCUT2D eigenvalue weighted by Gasteiger charge is -2.34. The van der Waals surface area contributed by atoms with Gasteiger partial charge in [0.15, 0.2) is 5.03 Å². The van der Waals surface area contributed by atoms with Crippen LogP contribution in [0.4, 0.5) is 0 Å². The maximum absolute atomic E-state index is 12.7. The lowest BCUT2D eigenvalue weighted by Crippen LogP contribution is -2.48. The second kappa shape index (κ2) is 6.02. The van der Waals surface area contributed by atoms with E-state index in [0.717, 1.165) is 25.8 Å². The van der Waals surface area contributed by atoms with Crippen molar-refractivity contribution in [3.63, 3.8) is 0 Å². The lowest BCUT2D eigenvalue weighted by atomic mass is 10.1. The number of hydrogen-bond acceptors (Lipinski definition) is 4. The summed E-state index contributed by atoms with van der Waals surface area (Å²) in [5, 5.41) is 7.49. The highest BCUT2D eigenvalue weighted by atomic mass is 32.2. The van der Waals surface area contributed by atoms with Gasteiger partial charge in [-0.25, -0.2) is 8.42 Å². The summed E-state index contributed by atoms with van der Waals surface area (Å²) in [5.74, 6) is 0. The fraction of sp³-hybridized carbons (Fsp3) is 0.750. The van der Waals surface area contributed by atoms with Gasteiger partial charge in [0.05, 0.1) is 6.20 Å². The minimum Gasteiger partial charge on any atom is -0.315 e. The highest BCUT2D eigenvalue weighted by Gasteiger charge is 2.34. The minimum absolute atomic E-state index is 0.0496. The molecule has 1 fully saturated rings. The summed E-state index contributed by atoms with van der Waals surface area (Å²) < 4.78 is 28.4. The zero-order valence-electron chi connectivity index (χ0n) is 11.5. The molecule has 0 aromatic carbocycles. The van der Waals surface area contributed by atoms with Gasteiger partial charge < -0.3 is 5.32 Å². The van der Waals surface area contributed by atoms with Crippen LogP contribution < -0.4 is 5.32 Å². The van der Waals surface area contributed by atoms with Gasteiger partial charge in [-0.3, -0.25) is 4.68 Å². The summed E-state index contributed by atoms with van der Waals surface area (Å²) in [7, 11) is -1.77. The molecule has 19 heavy (non-hydrogen) atoms. The molecule has 1 saturated heterocycles. The standard InChI is InChI=1S/C12H22N4O2S/c1-3-13-10-11-6-4-5-9-16(11)19(17,18)12-7-8-14-15(12)2/h7-8,11,13H,3-6,9-10H2,1-2H3. The highest BCUT2D eigenvalue weighted by molar-refractivity contribution is 7.89. The summed E-state index contributed by atoms with van der Waals surface area (Å²) in [5.41, 5.74) is 0. The van der Waals surface area contributed by atoms with Crippen molar-refractivity contribution in [2.24, 2.45) is 7.05 Å². The zero-order chi connectivity index (χ0) is 13.9. The normalized spacial score (nSPS) is 21.7. The largest absolute Gasteiger partial charge is 0.315 e. The maximum atomic E-state index is 12.7. The molecule has 2 rings (SSSR count). The van der Waals surface area contributed by atoms with Crippen LogP contribution in [0.2, 0.25) is 0 Å². The Morgan fingerprint density at radius 1 is 1.47 bits per heavy atom. The molecule has 1 aliphatic heterocycles. The number of likely N-dealkylation sites (N-methyl/N-ethyl adjacent to an activating group) is 1. The number of nitrogens with one attached hydrogen (secondary N) is 1. The molecule has 0 spiro atoms. The Balaban J connectivity index is 2.24. The predicted octanol–water partition coefficient (Wildman–Crippen LogP) is 0.573. The molecule has 0 amide bonds. The van der Waals surface area contributed by atoms with Crippen LogP contribution in [0.15, 0.2) is 17.3 Å². The Morgan fingerprint density at radius 3 is 2.89 bits per heavy atom. The smallest absolute Gasteiger partial charge is 0.260 e. The fourth-order valence-corrected chi connectivity index (χ4v) is 4.34. The molecule has 2 heterocycles. The number of sulfonamides is 1. The molecule has 0 aliphatic carbocycles. The van der Waals surface area contributed by atoms with Crippen molar-refractivity contribution < 1.29 is 8.42 Å². The van der Waals surface area contributed by atoms with Crippen molar-refractivity contribution in [3.8, 4) is 0 Å². The van der Waals surface area contributed by atoms with E-state index in [4.69, 9.17) is 0 Å². The second-order valence-corrected chi connectivity index (χ2v) is 6.70. The number of nitrogens with zero attached hydrogens (tertiary/aromatic N) is 3. The molecule has 1 aromatic rings. The number of aryl methyl sites for hydroxylation is 1. The van der Waals surface area contributed by atoms with Gasteiger partial charge in [-0.15, -0.1) is 0 Å². The van der Waals surface area contributed by atoms with Crippen molar-refractivity contribution in [1.82, 2.24) is 19.4 Å². The maximum Gasteiger partial charge on any atom is 0.260 e. The molecular weight excluding hydrogens is 264 g/mol. The molecule has 1 unspecified atom stereocenters. The van der Waals surface area contributed by atoms with Crippen molar-refractivity contribution in [1.29, 1.82) is 0 Å². The monoisotopic (exact) mass is 286 g/mol. The van der Waals surface area contributed by atoms with Gasteiger partial charge in [0.25, 0.3) is 10.0 Å². The molecule has 7 heteroatoms. The molecule has 108 valence electrons. The lowest BCUT2D eigenvalue weighted by molar-refractivity contribution is 0.245. The van der Waals surface area contributed by atoms with Crippen LogP contribution in [0.25, 0.3) is 0 Å². The molecule has 0 saturated carbocycles. The molecule has 6 nitrogen and oxygen atoms in total. The third-order valence-electron chi connectivity index (χ3n) is 3.55. The summed E-state index contributed by atoms with van der Waals surface area (Å²) in [6.07, 6.45) is 4.47. The van der Waals surface area contributed by atoms with Crippen LogP contribution in [0.1, 0.15) is 26.2 Å². The summed E-state index contributed by atoms with van der Waals surface area (Å²) in [4.78, 5) is 0. The van der Waals surface area contributed by atoms with E-state index in [1.54, 1.807) is 17.4 Å². The van der Waals surface area contributed by atoms with E-state index in [0.29, 0.717) is 13.1 Å². The van der Waals surface area contributed by atoms with Crippen molar-refractivity contribution in [2.45, 2.75) is 37.3 Å². The Kier molecular flexibility index (Phi) is 4.59. The van der Waals surface area contributed by atoms with Gasteiger partial charge in [-0.2, -0.15) is 9.40 Å². The molecule has 1 aliphatic rings. The van der Waals surface area contributed by atoms with Gasteiger partial charge in [-0.05, 0) is 25.5 Å². The van der Waals surface area contributed by atoms with E-state index >= 15 is 0 Å². The van der Waals surface area contributed by atoms with Crippen molar-refractivity contribution >= 4 is 10.0 Å². The molecule has 0 bridgehead atoms. The molecular formula is C12H22N4O2S. The molecule has 1 N–H and O–H groups in total. The number of aromatic nitrogens is 2. The fourth-order valence-electron chi connectivity index (χ4n) is 2.54. The number of rotatable bonds is 5. The van der Waals surface area contributed by atoms with Crippen LogP contribution >= 0.6 is 0 Å². The van der Waals surface area contributed by atoms with E-state index in [9.17, 15) is 8.42 Å². The van der Waals surface area contributed by atoms with Crippen LogP contribution in [0.3, 0.4) is 0 Å². The molecule has 0 radical (unpaired) electrons. The van der Waals surface area contributed by atoms with Gasteiger partial charge >= 0.3 is 0 Å². The third kappa shape index (κ3) is 2.98. The number of piperidine rings is 1. The average Bonchev–Trinajstić information content (AvgIpc) is 2.83. The predicted molar refractivity (Wildman–Crippen MR) is 73.3 cm³/mol. The van der Waals surface area contributed by atoms with Crippen molar-refractivity contribution in [2.75, 3.05) is 19.6 Å². The first kappa shape index (κ1) is 14.5. The Hall–Kier alpha value is -0.920.